The normalized spacial score (nSPS) is 51.8. The molecule has 9 unspecified atom stereocenters. The maximum atomic E-state index is 12.9. The molecule has 0 amide bonds. The lowest BCUT2D eigenvalue weighted by Crippen LogP contribution is -2.51. The van der Waals surface area contributed by atoms with Gasteiger partial charge in [-0.2, -0.15) is 0 Å². The molecule has 0 saturated heterocycles. The Kier molecular flexibility index (Phi) is 4.72. The summed E-state index contributed by atoms with van der Waals surface area (Å²) in [6.45, 7) is 4.82. The first-order valence-corrected chi connectivity index (χ1v) is 11.5. The summed E-state index contributed by atoms with van der Waals surface area (Å²) in [5, 5.41) is 10.2. The van der Waals surface area contributed by atoms with Gasteiger partial charge in [0.25, 0.3) is 0 Å². The van der Waals surface area contributed by atoms with E-state index < -0.39 is 4.41 Å². The number of ketones is 1. The second kappa shape index (κ2) is 6.36. The van der Waals surface area contributed by atoms with E-state index in [2.05, 4.69) is 29.8 Å². The highest BCUT2D eigenvalue weighted by atomic mass is 79.9. The van der Waals surface area contributed by atoms with Gasteiger partial charge in [0, 0.05) is 5.92 Å². The largest absolute Gasteiger partial charge is 0.380 e. The molecule has 4 heteroatoms. The van der Waals surface area contributed by atoms with Crippen molar-refractivity contribution in [2.45, 2.75) is 76.0 Å². The predicted molar refractivity (Wildman–Crippen MR) is 107 cm³/mol. The van der Waals surface area contributed by atoms with Crippen LogP contribution in [0.15, 0.2) is 0 Å². The van der Waals surface area contributed by atoms with Crippen LogP contribution in [0, 0.1) is 46.8 Å². The van der Waals surface area contributed by atoms with Gasteiger partial charge in [-0.25, -0.2) is 0 Å². The number of halogens is 1. The van der Waals surface area contributed by atoms with Crippen LogP contribution in [-0.4, -0.2) is 23.1 Å². The Labute approximate surface area is 162 Å². The fourth-order valence-corrected chi connectivity index (χ4v) is 8.11. The number of hydrogen-bond donors (Lipinski definition) is 1. The third kappa shape index (κ3) is 2.98. The molecule has 0 aliphatic heterocycles. The summed E-state index contributed by atoms with van der Waals surface area (Å²) >= 11 is 3.22. The molecule has 2 nitrogen and oxygen atoms in total. The van der Waals surface area contributed by atoms with Gasteiger partial charge in [-0.05, 0) is 92.3 Å². The van der Waals surface area contributed by atoms with Crippen molar-refractivity contribution in [2.24, 2.45) is 46.8 Å². The molecule has 0 bridgehead atoms. The molecular formula is C21H34BBrO2. The van der Waals surface area contributed by atoms with Crippen molar-refractivity contribution in [2.75, 3.05) is 0 Å². The zero-order chi connectivity index (χ0) is 18.0. The molecule has 0 aromatic carbocycles. The van der Waals surface area contributed by atoms with Crippen LogP contribution in [0.2, 0.25) is 0 Å². The molecule has 4 aliphatic carbocycles. The Balaban J connectivity index is 1.55. The average molecular weight is 409 g/mol. The first-order chi connectivity index (χ1) is 11.7. The minimum Gasteiger partial charge on any atom is -0.380 e. The Morgan fingerprint density at radius 1 is 1.08 bits per heavy atom. The van der Waals surface area contributed by atoms with Crippen molar-refractivity contribution in [1.29, 1.82) is 0 Å². The van der Waals surface area contributed by atoms with Gasteiger partial charge in [0.15, 0.2) is 13.6 Å². The zero-order valence-electron chi connectivity index (χ0n) is 16.1. The summed E-state index contributed by atoms with van der Waals surface area (Å²) in [7, 11) is 1.60. The summed E-state index contributed by atoms with van der Waals surface area (Å²) in [6, 6.07) is 0. The minimum atomic E-state index is -1.36. The van der Waals surface area contributed by atoms with Crippen LogP contribution in [0.3, 0.4) is 0 Å². The highest BCUT2D eigenvalue weighted by Gasteiger charge is 2.59. The second-order valence-corrected chi connectivity index (χ2v) is 11.9. The van der Waals surface area contributed by atoms with Gasteiger partial charge in [0.2, 0.25) is 0 Å². The number of Topliss-reactive ketones (excluding diaryl/α,β-unsaturated/α-hetero) is 1. The second-order valence-electron chi connectivity index (χ2n) is 10.3. The molecule has 4 rings (SSSR count). The number of hydrogen-bond acceptors (Lipinski definition) is 2. The fourth-order valence-electron chi connectivity index (χ4n) is 7.84. The lowest BCUT2D eigenvalue weighted by Gasteiger charge is -2.56. The van der Waals surface area contributed by atoms with E-state index in [4.69, 9.17) is 0 Å². The van der Waals surface area contributed by atoms with E-state index in [0.29, 0.717) is 5.92 Å². The summed E-state index contributed by atoms with van der Waals surface area (Å²) < 4.78 is -1.36. The van der Waals surface area contributed by atoms with Crippen molar-refractivity contribution in [3.63, 3.8) is 0 Å². The van der Waals surface area contributed by atoms with E-state index in [0.717, 1.165) is 36.0 Å². The Morgan fingerprint density at radius 3 is 2.52 bits per heavy atom. The smallest absolute Gasteiger partial charge is 0.169 e. The van der Waals surface area contributed by atoms with Crippen LogP contribution in [0.25, 0.3) is 0 Å². The first kappa shape index (κ1) is 18.5. The Hall–Kier alpha value is 0.175. The van der Waals surface area contributed by atoms with Gasteiger partial charge < -0.3 is 5.11 Å². The molecule has 25 heavy (non-hydrogen) atoms. The Morgan fingerprint density at radius 2 is 1.80 bits per heavy atom. The average Bonchev–Trinajstić information content (AvgIpc) is 2.89. The minimum absolute atomic E-state index is 0.0242. The van der Waals surface area contributed by atoms with Crippen LogP contribution < -0.4 is 0 Å². The summed E-state index contributed by atoms with van der Waals surface area (Å²) in [6.07, 6.45) is 11.9. The molecule has 0 aromatic rings. The van der Waals surface area contributed by atoms with Crippen molar-refractivity contribution in [3.8, 4) is 0 Å². The highest BCUT2D eigenvalue weighted by molar-refractivity contribution is 9.10. The molecule has 9 atom stereocenters. The number of carbonyl (C=O) groups excluding carboxylic acids is 1. The van der Waals surface area contributed by atoms with E-state index in [-0.39, 0.29) is 17.1 Å². The molecule has 4 fully saturated rings. The van der Waals surface area contributed by atoms with E-state index >= 15 is 0 Å². The van der Waals surface area contributed by atoms with E-state index in [1.54, 1.807) is 7.85 Å². The number of aliphatic hydroxyl groups is 1. The first-order valence-electron chi connectivity index (χ1n) is 10.7. The molecular weight excluding hydrogens is 375 g/mol. The van der Waals surface area contributed by atoms with Gasteiger partial charge >= 0.3 is 0 Å². The van der Waals surface area contributed by atoms with Gasteiger partial charge in [-0.15, -0.1) is 0 Å². The summed E-state index contributed by atoms with van der Waals surface area (Å²) in [5.74, 6) is 5.41. The molecule has 0 heterocycles. The van der Waals surface area contributed by atoms with Crippen molar-refractivity contribution < 1.29 is 9.90 Å². The van der Waals surface area contributed by atoms with Gasteiger partial charge in [0.1, 0.15) is 4.41 Å². The standard InChI is InChI=1S/C21H34BBrO2/c1-12-3-5-14-13(11-12)4-6-16-15(14)9-10-20(2)17(16)7-8-18(20)19(24)21(22,23)25/h12-18,25H,3-11,22H2,1-2H3. The van der Waals surface area contributed by atoms with E-state index in [9.17, 15) is 9.90 Å². The molecule has 0 aromatic heterocycles. The lowest BCUT2D eigenvalue weighted by molar-refractivity contribution is -0.136. The molecule has 1 N–H and O–H groups in total. The van der Waals surface area contributed by atoms with Crippen LogP contribution in [0.1, 0.15) is 71.6 Å². The highest BCUT2D eigenvalue weighted by Crippen LogP contribution is 2.64. The number of alkyl halides is 1. The summed E-state index contributed by atoms with van der Waals surface area (Å²) in [4.78, 5) is 12.9. The maximum absolute atomic E-state index is 12.9. The van der Waals surface area contributed by atoms with Gasteiger partial charge in [-0.3, -0.25) is 4.79 Å². The van der Waals surface area contributed by atoms with Gasteiger partial charge in [0.05, 0.1) is 0 Å². The molecule has 4 saturated carbocycles. The molecule has 4 aliphatic rings. The van der Waals surface area contributed by atoms with Crippen LogP contribution in [0.5, 0.6) is 0 Å². The SMILES string of the molecule is BC(O)(Br)C(=O)C1CCC2C3CCC4CC(C)CCC4C3CCC12C. The number of carbonyl (C=O) groups is 1. The molecule has 0 spiro atoms. The lowest BCUT2D eigenvalue weighted by atomic mass is 9.49. The van der Waals surface area contributed by atoms with Crippen molar-refractivity contribution >= 4 is 29.6 Å². The molecule has 140 valence electrons. The summed E-state index contributed by atoms with van der Waals surface area (Å²) in [5.41, 5.74) is 0.116. The third-order valence-corrected chi connectivity index (χ3v) is 9.37. The van der Waals surface area contributed by atoms with Crippen molar-refractivity contribution in [3.05, 3.63) is 0 Å². The monoisotopic (exact) mass is 408 g/mol. The van der Waals surface area contributed by atoms with Crippen LogP contribution >= 0.6 is 15.9 Å². The number of rotatable bonds is 2. The van der Waals surface area contributed by atoms with Crippen LogP contribution in [0.4, 0.5) is 0 Å². The maximum Gasteiger partial charge on any atom is 0.169 e. The molecule has 0 radical (unpaired) electrons. The van der Waals surface area contributed by atoms with E-state index in [1.165, 1.54) is 51.4 Å². The van der Waals surface area contributed by atoms with E-state index in [1.807, 2.05) is 0 Å². The zero-order valence-corrected chi connectivity index (χ0v) is 17.7. The number of fused-ring (bicyclic) bond motifs is 5. The van der Waals surface area contributed by atoms with Crippen LogP contribution in [-0.2, 0) is 4.79 Å². The Bertz CT molecular complexity index is 545. The van der Waals surface area contributed by atoms with Gasteiger partial charge in [-0.1, -0.05) is 36.2 Å². The topological polar surface area (TPSA) is 37.3 Å². The predicted octanol–water partition coefficient (Wildman–Crippen LogP) is 4.13. The third-order valence-electron chi connectivity index (χ3n) is 8.98. The fraction of sp³-hybridized carbons (Fsp3) is 0.952. The van der Waals surface area contributed by atoms with Crippen molar-refractivity contribution in [1.82, 2.24) is 0 Å². The quantitative estimate of drug-likeness (QED) is 0.550.